The topological polar surface area (TPSA) is 17.1 Å². The van der Waals surface area contributed by atoms with Crippen LogP contribution in [0.5, 0.6) is 0 Å². The fraction of sp³-hybridized carbons (Fsp3) is 0.125. The first-order valence-corrected chi connectivity index (χ1v) is 4.21. The molecule has 5 heteroatoms. The zero-order valence-corrected chi connectivity index (χ0v) is 7.82. The van der Waals surface area contributed by atoms with Gasteiger partial charge in [0.25, 0.3) is 0 Å². The van der Waals surface area contributed by atoms with Gasteiger partial charge in [0.2, 0.25) is 10.9 Å². The Kier molecular flexibility index (Phi) is 3.08. The molecule has 0 aliphatic rings. The lowest BCUT2D eigenvalue weighted by Crippen LogP contribution is -2.10. The minimum absolute atomic E-state index is 0.467. The number of alkyl halides is 2. The van der Waals surface area contributed by atoms with Crippen LogP contribution >= 0.6 is 15.9 Å². The molecule has 13 heavy (non-hydrogen) atoms. The molecule has 0 saturated carbocycles. The normalized spacial score (nSPS) is 12.6. The van der Waals surface area contributed by atoms with Gasteiger partial charge < -0.3 is 0 Å². The predicted octanol–water partition coefficient (Wildman–Crippen LogP) is 2.84. The van der Waals surface area contributed by atoms with Gasteiger partial charge in [-0.05, 0) is 28.1 Å². The Morgan fingerprint density at radius 1 is 1.38 bits per heavy atom. The van der Waals surface area contributed by atoms with Gasteiger partial charge in [-0.15, -0.1) is 0 Å². The Bertz CT molecular complexity index is 338. The summed E-state index contributed by atoms with van der Waals surface area (Å²) >= 11 is 2.35. The lowest BCUT2D eigenvalue weighted by Gasteiger charge is -2.01. The Balaban J connectivity index is 3.09. The van der Waals surface area contributed by atoms with Crippen molar-refractivity contribution in [2.45, 2.75) is 5.08 Å². The van der Waals surface area contributed by atoms with Crippen LogP contribution < -0.4 is 0 Å². The van der Waals surface area contributed by atoms with Crippen LogP contribution in [-0.4, -0.2) is 10.9 Å². The van der Waals surface area contributed by atoms with Crippen LogP contribution in [0, 0.1) is 11.6 Å². The molecule has 0 aliphatic heterocycles. The quantitative estimate of drug-likeness (QED) is 0.585. The third-order valence-electron chi connectivity index (χ3n) is 1.39. The van der Waals surface area contributed by atoms with Crippen LogP contribution in [0.15, 0.2) is 18.2 Å². The molecular weight excluding hydrogens is 249 g/mol. The summed E-state index contributed by atoms with van der Waals surface area (Å²) in [4.78, 5) is 10.9. The summed E-state index contributed by atoms with van der Waals surface area (Å²) in [6.07, 6.45) is 0. The molecule has 0 N–H and O–H groups in total. The van der Waals surface area contributed by atoms with E-state index < -0.39 is 28.1 Å². The molecule has 0 saturated heterocycles. The van der Waals surface area contributed by atoms with Gasteiger partial charge in [0.05, 0.1) is 5.56 Å². The lowest BCUT2D eigenvalue weighted by atomic mass is 10.1. The molecule has 1 rings (SSSR count). The molecule has 0 spiro atoms. The lowest BCUT2D eigenvalue weighted by molar-refractivity contribution is 0.0938. The Morgan fingerprint density at radius 3 is 2.46 bits per heavy atom. The number of halogens is 4. The van der Waals surface area contributed by atoms with E-state index in [0.717, 1.165) is 12.1 Å². The van der Waals surface area contributed by atoms with E-state index in [1.165, 1.54) is 0 Å². The van der Waals surface area contributed by atoms with Gasteiger partial charge in [-0.1, -0.05) is 0 Å². The number of carbonyl (C=O) groups is 1. The van der Waals surface area contributed by atoms with Crippen molar-refractivity contribution in [3.05, 3.63) is 35.4 Å². The van der Waals surface area contributed by atoms with E-state index >= 15 is 0 Å². The van der Waals surface area contributed by atoms with Gasteiger partial charge >= 0.3 is 0 Å². The number of ketones is 1. The number of hydrogen-bond acceptors (Lipinski definition) is 1. The minimum atomic E-state index is -1.97. The van der Waals surface area contributed by atoms with Crippen LogP contribution in [0.1, 0.15) is 10.4 Å². The average Bonchev–Trinajstić information content (AvgIpc) is 2.03. The van der Waals surface area contributed by atoms with Crippen molar-refractivity contribution < 1.29 is 18.0 Å². The molecule has 0 amide bonds. The molecule has 1 aromatic rings. The van der Waals surface area contributed by atoms with E-state index in [2.05, 4.69) is 15.9 Å². The molecule has 70 valence electrons. The van der Waals surface area contributed by atoms with Crippen molar-refractivity contribution in [1.82, 2.24) is 0 Å². The SMILES string of the molecule is O=C(c1ccc(F)cc1F)C(F)Br. The second-order valence-electron chi connectivity index (χ2n) is 2.29. The summed E-state index contributed by atoms with van der Waals surface area (Å²) in [5.41, 5.74) is -0.467. The smallest absolute Gasteiger partial charge is 0.217 e. The molecule has 1 aromatic carbocycles. The van der Waals surface area contributed by atoms with Crippen molar-refractivity contribution in [1.29, 1.82) is 0 Å². The van der Waals surface area contributed by atoms with Crippen molar-refractivity contribution in [2.75, 3.05) is 0 Å². The molecule has 0 aliphatic carbocycles. The van der Waals surface area contributed by atoms with Gasteiger partial charge in [-0.25, -0.2) is 13.2 Å². The predicted molar refractivity (Wildman–Crippen MR) is 44.5 cm³/mol. The Morgan fingerprint density at radius 2 is 2.00 bits per heavy atom. The van der Waals surface area contributed by atoms with E-state index in [1.54, 1.807) is 0 Å². The second kappa shape index (κ2) is 3.91. The highest BCUT2D eigenvalue weighted by molar-refractivity contribution is 9.09. The molecule has 0 heterocycles. The van der Waals surface area contributed by atoms with E-state index in [0.29, 0.717) is 6.07 Å². The van der Waals surface area contributed by atoms with Crippen LogP contribution in [0.3, 0.4) is 0 Å². The van der Waals surface area contributed by atoms with Crippen molar-refractivity contribution >= 4 is 21.7 Å². The molecule has 0 radical (unpaired) electrons. The first kappa shape index (κ1) is 10.2. The summed E-state index contributed by atoms with van der Waals surface area (Å²) < 4.78 is 37.5. The summed E-state index contributed by atoms with van der Waals surface area (Å²) in [5, 5.41) is -1.97. The van der Waals surface area contributed by atoms with Crippen LogP contribution in [0.2, 0.25) is 0 Å². The van der Waals surface area contributed by atoms with Gasteiger partial charge in [0.15, 0.2) is 0 Å². The first-order valence-electron chi connectivity index (χ1n) is 3.30. The summed E-state index contributed by atoms with van der Waals surface area (Å²) in [7, 11) is 0. The van der Waals surface area contributed by atoms with Crippen molar-refractivity contribution in [2.24, 2.45) is 0 Å². The van der Waals surface area contributed by atoms with E-state index in [9.17, 15) is 18.0 Å². The van der Waals surface area contributed by atoms with Crippen LogP contribution in [-0.2, 0) is 0 Å². The summed E-state index contributed by atoms with van der Waals surface area (Å²) in [5.74, 6) is -2.93. The fourth-order valence-electron chi connectivity index (χ4n) is 0.807. The maximum Gasteiger partial charge on any atom is 0.217 e. The summed E-state index contributed by atoms with van der Waals surface area (Å²) in [6.45, 7) is 0. The van der Waals surface area contributed by atoms with Crippen LogP contribution in [0.25, 0.3) is 0 Å². The molecule has 1 nitrogen and oxygen atoms in total. The molecule has 0 aromatic heterocycles. The van der Waals surface area contributed by atoms with Gasteiger partial charge in [0.1, 0.15) is 11.6 Å². The molecule has 0 fully saturated rings. The third-order valence-corrected chi connectivity index (χ3v) is 1.81. The fourth-order valence-corrected chi connectivity index (χ4v) is 1.05. The second-order valence-corrected chi connectivity index (χ2v) is 3.09. The number of rotatable bonds is 2. The molecule has 0 bridgehead atoms. The zero-order valence-electron chi connectivity index (χ0n) is 6.23. The number of carbonyl (C=O) groups excluding carboxylic acids is 1. The largest absolute Gasteiger partial charge is 0.290 e. The van der Waals surface area contributed by atoms with E-state index in [1.807, 2.05) is 0 Å². The van der Waals surface area contributed by atoms with Gasteiger partial charge in [0, 0.05) is 6.07 Å². The number of hydrogen-bond donors (Lipinski definition) is 0. The maximum absolute atomic E-state index is 12.8. The molecule has 1 atom stereocenters. The highest BCUT2D eigenvalue weighted by atomic mass is 79.9. The third kappa shape index (κ3) is 2.30. The molecular formula is C8H4BrF3O. The standard InChI is InChI=1S/C8H4BrF3O/c9-8(12)7(13)5-2-1-4(10)3-6(5)11/h1-3,8H. The average molecular weight is 253 g/mol. The van der Waals surface area contributed by atoms with Gasteiger partial charge in [-0.2, -0.15) is 0 Å². The van der Waals surface area contributed by atoms with E-state index in [-0.39, 0.29) is 0 Å². The minimum Gasteiger partial charge on any atom is -0.290 e. The number of Topliss-reactive ketones (excluding diaryl/α,β-unsaturated/α-hetero) is 1. The van der Waals surface area contributed by atoms with Crippen LogP contribution in [0.4, 0.5) is 13.2 Å². The van der Waals surface area contributed by atoms with E-state index in [4.69, 9.17) is 0 Å². The molecule has 1 unspecified atom stereocenters. The highest BCUT2D eigenvalue weighted by Crippen LogP contribution is 2.15. The van der Waals surface area contributed by atoms with Crippen molar-refractivity contribution in [3.8, 4) is 0 Å². The highest BCUT2D eigenvalue weighted by Gasteiger charge is 2.19. The number of benzene rings is 1. The monoisotopic (exact) mass is 252 g/mol. The Labute approximate surface area is 80.7 Å². The first-order chi connectivity index (χ1) is 6.02. The maximum atomic E-state index is 12.8. The van der Waals surface area contributed by atoms with Gasteiger partial charge in [-0.3, -0.25) is 4.79 Å². The van der Waals surface area contributed by atoms with Crippen molar-refractivity contribution in [3.63, 3.8) is 0 Å². The Hall–Kier alpha value is -0.840. The summed E-state index contributed by atoms with van der Waals surface area (Å²) in [6, 6.07) is 2.33. The zero-order chi connectivity index (χ0) is 10.0.